The smallest absolute Gasteiger partial charge is 0.118 e. The van der Waals surface area contributed by atoms with Crippen LogP contribution in [0.2, 0.25) is 0 Å². The van der Waals surface area contributed by atoms with Crippen molar-refractivity contribution in [3.8, 4) is 5.75 Å². The molecular weight excluding hydrogens is 238 g/mol. The molecule has 0 aliphatic heterocycles. The van der Waals surface area contributed by atoms with Crippen molar-refractivity contribution < 1.29 is 4.74 Å². The van der Waals surface area contributed by atoms with Crippen molar-refractivity contribution in [2.45, 2.75) is 25.9 Å². The Labute approximate surface area is 113 Å². The van der Waals surface area contributed by atoms with E-state index < -0.39 is 0 Å². The van der Waals surface area contributed by atoms with Crippen molar-refractivity contribution in [3.63, 3.8) is 0 Å². The van der Waals surface area contributed by atoms with Crippen molar-refractivity contribution in [2.75, 3.05) is 7.11 Å². The van der Waals surface area contributed by atoms with Crippen LogP contribution in [0.25, 0.3) is 0 Å². The minimum Gasteiger partial charge on any atom is -0.497 e. The maximum Gasteiger partial charge on any atom is 0.118 e. The van der Waals surface area contributed by atoms with Crippen LogP contribution < -0.4 is 10.1 Å². The fraction of sp³-hybridized carbons (Fsp3) is 0.333. The molecule has 1 N–H and O–H groups in total. The summed E-state index contributed by atoms with van der Waals surface area (Å²) in [7, 11) is 1.67. The van der Waals surface area contributed by atoms with Gasteiger partial charge in [-0.25, -0.2) is 0 Å². The highest BCUT2D eigenvalue weighted by Crippen LogP contribution is 2.20. The first-order valence-corrected chi connectivity index (χ1v) is 6.36. The first-order valence-electron chi connectivity index (χ1n) is 6.36. The summed E-state index contributed by atoms with van der Waals surface area (Å²) in [6.07, 6.45) is 5.19. The first kappa shape index (κ1) is 13.5. The number of nitrogens with zero attached hydrogens (tertiary/aromatic N) is 2. The van der Waals surface area contributed by atoms with Gasteiger partial charge in [0.15, 0.2) is 0 Å². The molecule has 0 aliphatic carbocycles. The zero-order chi connectivity index (χ0) is 13.7. The van der Waals surface area contributed by atoms with Gasteiger partial charge in [0, 0.05) is 30.7 Å². The summed E-state index contributed by atoms with van der Waals surface area (Å²) in [6.45, 7) is 4.22. The first-order chi connectivity index (χ1) is 9.20. The SMILES string of the molecule is COc1ccc([C@@H](C)NC(C)c2cnccn2)cc1. The Balaban J connectivity index is 2.02. The van der Waals surface area contributed by atoms with E-state index in [1.165, 1.54) is 5.56 Å². The molecule has 2 atom stereocenters. The molecular formula is C15H19N3O. The maximum atomic E-state index is 5.16. The van der Waals surface area contributed by atoms with Gasteiger partial charge in [0.25, 0.3) is 0 Å². The van der Waals surface area contributed by atoms with Crippen LogP contribution in [0.3, 0.4) is 0 Å². The lowest BCUT2D eigenvalue weighted by atomic mass is 10.1. The van der Waals surface area contributed by atoms with E-state index in [0.717, 1.165) is 11.4 Å². The Hall–Kier alpha value is -1.94. The number of hydrogen-bond acceptors (Lipinski definition) is 4. The van der Waals surface area contributed by atoms with Crippen molar-refractivity contribution in [2.24, 2.45) is 0 Å². The van der Waals surface area contributed by atoms with E-state index in [4.69, 9.17) is 4.74 Å². The van der Waals surface area contributed by atoms with E-state index in [1.54, 1.807) is 25.7 Å². The number of aromatic nitrogens is 2. The van der Waals surface area contributed by atoms with Gasteiger partial charge in [-0.1, -0.05) is 12.1 Å². The molecule has 1 aromatic heterocycles. The zero-order valence-electron chi connectivity index (χ0n) is 11.5. The number of ether oxygens (including phenoxy) is 1. The van der Waals surface area contributed by atoms with E-state index in [2.05, 4.69) is 41.3 Å². The second-order valence-electron chi connectivity index (χ2n) is 4.51. The second kappa shape index (κ2) is 6.29. The van der Waals surface area contributed by atoms with E-state index in [1.807, 2.05) is 12.1 Å². The van der Waals surface area contributed by atoms with Gasteiger partial charge in [-0.15, -0.1) is 0 Å². The van der Waals surface area contributed by atoms with Crippen LogP contribution in [0.5, 0.6) is 5.75 Å². The van der Waals surface area contributed by atoms with Crippen LogP contribution >= 0.6 is 0 Å². The molecule has 0 saturated carbocycles. The van der Waals surface area contributed by atoms with Gasteiger partial charge in [0.1, 0.15) is 5.75 Å². The summed E-state index contributed by atoms with van der Waals surface area (Å²) < 4.78 is 5.16. The number of benzene rings is 1. The summed E-state index contributed by atoms with van der Waals surface area (Å²) in [5.41, 5.74) is 2.17. The molecule has 0 spiro atoms. The molecule has 0 fully saturated rings. The average molecular weight is 257 g/mol. The minimum absolute atomic E-state index is 0.158. The Morgan fingerprint density at radius 3 is 2.37 bits per heavy atom. The van der Waals surface area contributed by atoms with Gasteiger partial charge >= 0.3 is 0 Å². The molecule has 2 rings (SSSR count). The molecule has 0 aliphatic rings. The molecule has 0 bridgehead atoms. The standard InChI is InChI=1S/C15H19N3O/c1-11(13-4-6-14(19-3)7-5-13)18-12(2)15-10-16-8-9-17-15/h4-12,18H,1-3H3/t11-,12?/m1/s1. The van der Waals surface area contributed by atoms with Crippen molar-refractivity contribution in [1.29, 1.82) is 0 Å². The largest absolute Gasteiger partial charge is 0.497 e. The Kier molecular flexibility index (Phi) is 4.47. The summed E-state index contributed by atoms with van der Waals surface area (Å²) >= 11 is 0. The molecule has 1 aromatic carbocycles. The predicted octanol–water partition coefficient (Wildman–Crippen LogP) is 2.90. The fourth-order valence-electron chi connectivity index (χ4n) is 1.98. The highest BCUT2D eigenvalue weighted by atomic mass is 16.5. The zero-order valence-corrected chi connectivity index (χ0v) is 11.5. The fourth-order valence-corrected chi connectivity index (χ4v) is 1.98. The molecule has 4 heteroatoms. The van der Waals surface area contributed by atoms with Crippen LogP contribution in [0, 0.1) is 0 Å². The molecule has 0 amide bonds. The molecule has 19 heavy (non-hydrogen) atoms. The van der Waals surface area contributed by atoms with Crippen LogP contribution in [0.4, 0.5) is 0 Å². The third-order valence-electron chi connectivity index (χ3n) is 3.14. The van der Waals surface area contributed by atoms with Crippen molar-refractivity contribution in [3.05, 3.63) is 54.1 Å². The lowest BCUT2D eigenvalue weighted by Crippen LogP contribution is -2.23. The van der Waals surface area contributed by atoms with Gasteiger partial charge in [0.2, 0.25) is 0 Å². The topological polar surface area (TPSA) is 47.0 Å². The Bertz CT molecular complexity index is 499. The normalized spacial score (nSPS) is 13.8. The second-order valence-corrected chi connectivity index (χ2v) is 4.51. The summed E-state index contributed by atoms with van der Waals surface area (Å²) in [6, 6.07) is 8.48. The molecule has 2 aromatic rings. The third-order valence-corrected chi connectivity index (χ3v) is 3.14. The van der Waals surface area contributed by atoms with Crippen LogP contribution in [-0.4, -0.2) is 17.1 Å². The van der Waals surface area contributed by atoms with Crippen LogP contribution in [0.1, 0.15) is 37.2 Å². The van der Waals surface area contributed by atoms with E-state index in [-0.39, 0.29) is 12.1 Å². The lowest BCUT2D eigenvalue weighted by molar-refractivity contribution is 0.414. The van der Waals surface area contributed by atoms with Crippen molar-refractivity contribution in [1.82, 2.24) is 15.3 Å². The third kappa shape index (κ3) is 3.51. The van der Waals surface area contributed by atoms with Gasteiger partial charge in [0.05, 0.1) is 12.8 Å². The monoisotopic (exact) mass is 257 g/mol. The molecule has 0 saturated heterocycles. The number of nitrogens with one attached hydrogen (secondary N) is 1. The molecule has 1 heterocycles. The highest BCUT2D eigenvalue weighted by Gasteiger charge is 2.12. The number of hydrogen-bond donors (Lipinski definition) is 1. The lowest BCUT2D eigenvalue weighted by Gasteiger charge is -2.20. The van der Waals surface area contributed by atoms with Gasteiger partial charge in [-0.05, 0) is 31.5 Å². The molecule has 0 radical (unpaired) electrons. The van der Waals surface area contributed by atoms with E-state index in [0.29, 0.717) is 0 Å². The molecule has 1 unspecified atom stereocenters. The van der Waals surface area contributed by atoms with E-state index >= 15 is 0 Å². The summed E-state index contributed by atoms with van der Waals surface area (Å²) in [5.74, 6) is 0.873. The number of rotatable bonds is 5. The highest BCUT2D eigenvalue weighted by molar-refractivity contribution is 5.29. The average Bonchev–Trinajstić information content (AvgIpc) is 2.48. The summed E-state index contributed by atoms with van der Waals surface area (Å²) in [4.78, 5) is 8.40. The Morgan fingerprint density at radius 2 is 1.79 bits per heavy atom. The van der Waals surface area contributed by atoms with Crippen LogP contribution in [0.15, 0.2) is 42.9 Å². The Morgan fingerprint density at radius 1 is 1.05 bits per heavy atom. The maximum absolute atomic E-state index is 5.16. The predicted molar refractivity (Wildman–Crippen MR) is 75.0 cm³/mol. The minimum atomic E-state index is 0.158. The van der Waals surface area contributed by atoms with Crippen molar-refractivity contribution >= 4 is 0 Å². The van der Waals surface area contributed by atoms with Gasteiger partial charge < -0.3 is 10.1 Å². The molecule has 100 valence electrons. The summed E-state index contributed by atoms with van der Waals surface area (Å²) in [5, 5.41) is 3.51. The van der Waals surface area contributed by atoms with Crippen LogP contribution in [-0.2, 0) is 0 Å². The van der Waals surface area contributed by atoms with E-state index in [9.17, 15) is 0 Å². The van der Waals surface area contributed by atoms with Gasteiger partial charge in [-0.2, -0.15) is 0 Å². The van der Waals surface area contributed by atoms with Gasteiger partial charge in [-0.3, -0.25) is 9.97 Å². The number of methoxy groups -OCH3 is 1. The quantitative estimate of drug-likeness (QED) is 0.894. The molecule has 4 nitrogen and oxygen atoms in total.